The number of carbonyl (C=O) groups is 1. The number of ether oxygens (including phenoxy) is 1. The molecule has 0 radical (unpaired) electrons. The Labute approximate surface area is 185 Å². The lowest BCUT2D eigenvalue weighted by Gasteiger charge is -2.31. The van der Waals surface area contributed by atoms with E-state index in [0.717, 1.165) is 28.1 Å². The van der Waals surface area contributed by atoms with Crippen molar-refractivity contribution in [2.75, 3.05) is 19.1 Å². The van der Waals surface area contributed by atoms with E-state index >= 15 is 0 Å². The van der Waals surface area contributed by atoms with E-state index in [9.17, 15) is 4.79 Å². The van der Waals surface area contributed by atoms with Gasteiger partial charge in [0.1, 0.15) is 5.75 Å². The third-order valence-electron chi connectivity index (χ3n) is 4.90. The molecule has 0 aliphatic carbocycles. The number of rotatable bonds is 7. The molecule has 0 bridgehead atoms. The number of urea groups is 1. The number of methoxy groups -OCH3 is 1. The topological polar surface area (TPSA) is 78.8 Å². The summed E-state index contributed by atoms with van der Waals surface area (Å²) >= 11 is 1.46. The first-order valence-electron chi connectivity index (χ1n) is 9.90. The van der Waals surface area contributed by atoms with Gasteiger partial charge in [-0.05, 0) is 30.2 Å². The second-order valence-electron chi connectivity index (χ2n) is 6.84. The smallest absolute Gasteiger partial charge is 0.322 e. The van der Waals surface area contributed by atoms with Crippen LogP contribution in [0.3, 0.4) is 0 Å². The molecule has 31 heavy (non-hydrogen) atoms. The van der Waals surface area contributed by atoms with Gasteiger partial charge in [-0.15, -0.1) is 11.3 Å². The van der Waals surface area contributed by atoms with Gasteiger partial charge < -0.3 is 15.0 Å². The molecule has 1 aliphatic rings. The van der Waals surface area contributed by atoms with Crippen LogP contribution in [0.5, 0.6) is 5.75 Å². The Morgan fingerprint density at radius 1 is 1.23 bits per heavy atom. The first-order chi connectivity index (χ1) is 15.2. The van der Waals surface area contributed by atoms with Crippen LogP contribution in [0, 0.1) is 0 Å². The van der Waals surface area contributed by atoms with E-state index in [1.54, 1.807) is 18.2 Å². The fourth-order valence-electron chi connectivity index (χ4n) is 3.25. The van der Waals surface area contributed by atoms with Crippen molar-refractivity contribution in [3.63, 3.8) is 0 Å². The van der Waals surface area contributed by atoms with Gasteiger partial charge in [0.15, 0.2) is 0 Å². The van der Waals surface area contributed by atoms with E-state index in [1.165, 1.54) is 11.3 Å². The molecular formula is C23H23N5O2S. The molecule has 7 nitrogen and oxygen atoms in total. The number of hydrogen-bond donors (Lipinski definition) is 2. The molecule has 1 aliphatic heterocycles. The van der Waals surface area contributed by atoms with Crippen LogP contribution < -0.4 is 15.5 Å². The van der Waals surface area contributed by atoms with Gasteiger partial charge in [-0.3, -0.25) is 5.43 Å². The third-order valence-corrected chi connectivity index (χ3v) is 5.64. The maximum absolute atomic E-state index is 12.5. The zero-order valence-corrected chi connectivity index (χ0v) is 18.1. The minimum atomic E-state index is -0.302. The van der Waals surface area contributed by atoms with Crippen LogP contribution in [-0.4, -0.2) is 35.8 Å². The quantitative estimate of drug-likeness (QED) is 0.417. The minimum absolute atomic E-state index is 0.131. The van der Waals surface area contributed by atoms with Crippen molar-refractivity contribution in [1.82, 2.24) is 15.2 Å². The highest BCUT2D eigenvalue weighted by atomic mass is 32.1. The molecular weight excluding hydrogens is 410 g/mol. The Morgan fingerprint density at radius 3 is 2.71 bits per heavy atom. The highest BCUT2D eigenvalue weighted by Gasteiger charge is 2.29. The van der Waals surface area contributed by atoms with Gasteiger partial charge in [-0.25, -0.2) is 9.78 Å². The third kappa shape index (κ3) is 4.75. The Bertz CT molecular complexity index is 1090. The average molecular weight is 434 g/mol. The SMILES string of the molecule is CCN1C=C(c2csc(N/N=C/c3ccccc3)n2)C(c2ccc(OC)cc2)NC1=O. The van der Waals surface area contributed by atoms with E-state index < -0.39 is 0 Å². The number of carbonyl (C=O) groups excluding carboxylic acids is 1. The van der Waals surface area contributed by atoms with Gasteiger partial charge in [0.05, 0.1) is 25.1 Å². The van der Waals surface area contributed by atoms with Crippen LogP contribution >= 0.6 is 11.3 Å². The summed E-state index contributed by atoms with van der Waals surface area (Å²) in [6.45, 7) is 2.51. The molecule has 2 amide bonds. The number of nitrogens with one attached hydrogen (secondary N) is 2. The number of benzene rings is 2. The van der Waals surface area contributed by atoms with Gasteiger partial charge >= 0.3 is 6.03 Å². The average Bonchev–Trinajstić information content (AvgIpc) is 3.28. The van der Waals surface area contributed by atoms with Crippen LogP contribution in [0.25, 0.3) is 5.57 Å². The summed E-state index contributed by atoms with van der Waals surface area (Å²) in [6.07, 6.45) is 3.62. The van der Waals surface area contributed by atoms with Crippen LogP contribution in [0.15, 0.2) is 71.3 Å². The predicted molar refractivity (Wildman–Crippen MR) is 124 cm³/mol. The molecule has 1 aromatic heterocycles. The fourth-order valence-corrected chi connectivity index (χ4v) is 3.92. The second-order valence-corrected chi connectivity index (χ2v) is 7.70. The summed E-state index contributed by atoms with van der Waals surface area (Å²) in [5, 5.41) is 10.00. The van der Waals surface area contributed by atoms with Crippen molar-refractivity contribution in [2.45, 2.75) is 13.0 Å². The zero-order chi connectivity index (χ0) is 21.6. The molecule has 0 saturated heterocycles. The monoisotopic (exact) mass is 433 g/mol. The lowest BCUT2D eigenvalue weighted by molar-refractivity contribution is 0.212. The fraction of sp³-hybridized carbons (Fsp3) is 0.174. The zero-order valence-electron chi connectivity index (χ0n) is 17.3. The van der Waals surface area contributed by atoms with E-state index in [2.05, 4.69) is 15.8 Å². The summed E-state index contributed by atoms with van der Waals surface area (Å²) in [5.74, 6) is 0.767. The Hall–Kier alpha value is -3.65. The molecule has 3 aromatic rings. The van der Waals surface area contributed by atoms with Crippen molar-refractivity contribution in [1.29, 1.82) is 0 Å². The molecule has 2 aromatic carbocycles. The molecule has 158 valence electrons. The molecule has 2 N–H and O–H groups in total. The largest absolute Gasteiger partial charge is 0.497 e. The molecule has 0 spiro atoms. The first kappa shape index (κ1) is 20.6. The summed E-state index contributed by atoms with van der Waals surface area (Å²) in [6, 6.07) is 17.1. The van der Waals surface area contributed by atoms with Crippen LogP contribution in [0.2, 0.25) is 0 Å². The number of anilines is 1. The van der Waals surface area contributed by atoms with Gasteiger partial charge in [0.25, 0.3) is 0 Å². The number of amides is 2. The van der Waals surface area contributed by atoms with Gasteiger partial charge in [-0.2, -0.15) is 5.10 Å². The van der Waals surface area contributed by atoms with Gasteiger partial charge in [0, 0.05) is 23.7 Å². The van der Waals surface area contributed by atoms with E-state index in [-0.39, 0.29) is 12.1 Å². The summed E-state index contributed by atoms with van der Waals surface area (Å²) < 4.78 is 5.25. The normalized spacial score (nSPS) is 16.2. The highest BCUT2D eigenvalue weighted by molar-refractivity contribution is 7.13. The van der Waals surface area contributed by atoms with Gasteiger partial charge in [-0.1, -0.05) is 42.5 Å². The summed E-state index contributed by atoms with van der Waals surface area (Å²) in [7, 11) is 1.63. The van der Waals surface area contributed by atoms with Gasteiger partial charge in [0.2, 0.25) is 5.13 Å². The van der Waals surface area contributed by atoms with E-state index in [4.69, 9.17) is 9.72 Å². The number of hydrogen-bond acceptors (Lipinski definition) is 6. The number of hydrazone groups is 1. The Morgan fingerprint density at radius 2 is 2.00 bits per heavy atom. The Kier molecular flexibility index (Phi) is 6.28. The van der Waals surface area contributed by atoms with E-state index in [1.807, 2.05) is 73.1 Å². The van der Waals surface area contributed by atoms with E-state index in [0.29, 0.717) is 11.7 Å². The predicted octanol–water partition coefficient (Wildman–Crippen LogP) is 4.73. The lowest BCUT2D eigenvalue weighted by Crippen LogP contribution is -2.43. The molecule has 0 fully saturated rings. The second kappa shape index (κ2) is 9.44. The molecule has 8 heteroatoms. The van der Waals surface area contributed by atoms with Crippen LogP contribution in [-0.2, 0) is 0 Å². The minimum Gasteiger partial charge on any atom is -0.497 e. The maximum Gasteiger partial charge on any atom is 0.322 e. The standard InChI is InChI=1S/C23H23N5O2S/c1-3-28-14-19(21(26-23(28)29)17-9-11-18(30-2)12-10-17)20-15-31-22(25-20)27-24-13-16-7-5-4-6-8-16/h4-15,21H,3H2,1-2H3,(H,25,27)(H,26,29)/b24-13+. The van der Waals surface area contributed by atoms with Crippen molar-refractivity contribution in [3.05, 3.63) is 83.0 Å². The maximum atomic E-state index is 12.5. The number of nitrogens with zero attached hydrogens (tertiary/aromatic N) is 3. The van der Waals surface area contributed by atoms with Crippen molar-refractivity contribution >= 4 is 34.3 Å². The number of thiazole rings is 1. The van der Waals surface area contributed by atoms with Crippen LogP contribution in [0.4, 0.5) is 9.93 Å². The molecule has 2 heterocycles. The lowest BCUT2D eigenvalue weighted by atomic mass is 9.96. The Balaban J connectivity index is 1.58. The molecule has 1 unspecified atom stereocenters. The number of aromatic nitrogens is 1. The molecule has 4 rings (SSSR count). The molecule has 1 atom stereocenters. The summed E-state index contributed by atoms with van der Waals surface area (Å²) in [4.78, 5) is 18.8. The van der Waals surface area contributed by atoms with Crippen LogP contribution in [0.1, 0.15) is 29.8 Å². The highest BCUT2D eigenvalue weighted by Crippen LogP contribution is 2.35. The summed E-state index contributed by atoms with van der Waals surface area (Å²) in [5.41, 5.74) is 6.66. The van der Waals surface area contributed by atoms with Crippen molar-refractivity contribution in [2.24, 2.45) is 5.10 Å². The van der Waals surface area contributed by atoms with Crippen molar-refractivity contribution in [3.8, 4) is 5.75 Å². The first-order valence-corrected chi connectivity index (χ1v) is 10.8. The van der Waals surface area contributed by atoms with Crippen molar-refractivity contribution < 1.29 is 9.53 Å². The molecule has 0 saturated carbocycles.